The van der Waals surface area contributed by atoms with Crippen LogP contribution in [0.15, 0.2) is 33.6 Å². The lowest BCUT2D eigenvalue weighted by Crippen LogP contribution is -2.14. The van der Waals surface area contributed by atoms with Gasteiger partial charge in [-0.1, -0.05) is 15.9 Å². The Labute approximate surface area is 118 Å². The summed E-state index contributed by atoms with van der Waals surface area (Å²) in [5.74, 6) is 1.18. The summed E-state index contributed by atoms with van der Waals surface area (Å²) in [6, 6.07) is 8.00. The molecular formula is C11H13BrN4OS. The van der Waals surface area contributed by atoms with Crippen molar-refractivity contribution in [3.05, 3.63) is 34.6 Å². The number of thioether (sulfide) groups is 1. The standard InChI is InChI=1S/C11H13BrN4OS/c1-16-14-11(13-15-16)6-9(17)7-18-10-4-2-8(12)3-5-10/h2-5,9,17H,6-7H2,1H3. The zero-order valence-electron chi connectivity index (χ0n) is 9.82. The first kappa shape index (κ1) is 13.5. The minimum atomic E-state index is -0.470. The molecule has 2 rings (SSSR count). The molecular weight excluding hydrogens is 316 g/mol. The van der Waals surface area contributed by atoms with Crippen molar-refractivity contribution in [3.8, 4) is 0 Å². The van der Waals surface area contributed by atoms with Crippen molar-refractivity contribution in [2.75, 3.05) is 5.75 Å². The van der Waals surface area contributed by atoms with Crippen LogP contribution in [-0.2, 0) is 13.5 Å². The van der Waals surface area contributed by atoms with Gasteiger partial charge >= 0.3 is 0 Å². The smallest absolute Gasteiger partial charge is 0.177 e. The first-order chi connectivity index (χ1) is 8.63. The topological polar surface area (TPSA) is 63.8 Å². The number of aryl methyl sites for hydroxylation is 1. The second kappa shape index (κ2) is 6.31. The maximum absolute atomic E-state index is 9.88. The molecule has 0 spiro atoms. The van der Waals surface area contributed by atoms with E-state index in [1.165, 1.54) is 4.80 Å². The highest BCUT2D eigenvalue weighted by Crippen LogP contribution is 2.21. The molecule has 0 aliphatic carbocycles. The van der Waals surface area contributed by atoms with E-state index in [2.05, 4.69) is 31.3 Å². The van der Waals surface area contributed by atoms with Gasteiger partial charge in [0.05, 0.1) is 13.2 Å². The van der Waals surface area contributed by atoms with Gasteiger partial charge in [0.15, 0.2) is 5.82 Å². The van der Waals surface area contributed by atoms with Gasteiger partial charge in [-0.05, 0) is 29.5 Å². The lowest BCUT2D eigenvalue weighted by atomic mass is 10.3. The monoisotopic (exact) mass is 328 g/mol. The third-order valence-electron chi connectivity index (χ3n) is 2.22. The van der Waals surface area contributed by atoms with Crippen LogP contribution in [-0.4, -0.2) is 37.2 Å². The van der Waals surface area contributed by atoms with E-state index in [0.29, 0.717) is 18.0 Å². The maximum atomic E-state index is 9.88. The Kier molecular flexibility index (Phi) is 4.73. The van der Waals surface area contributed by atoms with Crippen LogP contribution in [0.5, 0.6) is 0 Å². The molecule has 1 unspecified atom stereocenters. The number of halogens is 1. The number of hydrogen-bond donors (Lipinski definition) is 1. The highest BCUT2D eigenvalue weighted by Gasteiger charge is 2.10. The molecule has 96 valence electrons. The Balaban J connectivity index is 1.81. The summed E-state index contributed by atoms with van der Waals surface area (Å²) in [7, 11) is 1.71. The molecule has 1 N–H and O–H groups in total. The SMILES string of the molecule is Cn1nnc(CC(O)CSc2ccc(Br)cc2)n1. The fourth-order valence-electron chi connectivity index (χ4n) is 1.40. The lowest BCUT2D eigenvalue weighted by Gasteiger charge is -2.07. The Hall–Kier alpha value is -0.920. The van der Waals surface area contributed by atoms with Crippen molar-refractivity contribution in [2.24, 2.45) is 7.05 Å². The van der Waals surface area contributed by atoms with Gasteiger partial charge in [0.25, 0.3) is 0 Å². The molecule has 1 atom stereocenters. The van der Waals surface area contributed by atoms with E-state index >= 15 is 0 Å². The average Bonchev–Trinajstić information content (AvgIpc) is 2.74. The van der Waals surface area contributed by atoms with Crippen molar-refractivity contribution in [1.29, 1.82) is 0 Å². The number of benzene rings is 1. The lowest BCUT2D eigenvalue weighted by molar-refractivity contribution is 0.197. The maximum Gasteiger partial charge on any atom is 0.177 e. The zero-order valence-corrected chi connectivity index (χ0v) is 12.2. The van der Waals surface area contributed by atoms with E-state index in [9.17, 15) is 5.11 Å². The fourth-order valence-corrected chi connectivity index (χ4v) is 2.49. The highest BCUT2D eigenvalue weighted by atomic mass is 79.9. The second-order valence-electron chi connectivity index (χ2n) is 3.82. The Morgan fingerprint density at radius 2 is 2.11 bits per heavy atom. The second-order valence-corrected chi connectivity index (χ2v) is 5.83. The van der Waals surface area contributed by atoms with Crippen LogP contribution in [0.1, 0.15) is 5.82 Å². The van der Waals surface area contributed by atoms with Gasteiger partial charge in [0.1, 0.15) is 0 Å². The van der Waals surface area contributed by atoms with E-state index in [4.69, 9.17) is 0 Å². The third kappa shape index (κ3) is 4.08. The Morgan fingerprint density at radius 1 is 1.39 bits per heavy atom. The number of aliphatic hydroxyl groups is 1. The summed E-state index contributed by atoms with van der Waals surface area (Å²) < 4.78 is 1.05. The van der Waals surface area contributed by atoms with Crippen molar-refractivity contribution in [1.82, 2.24) is 20.2 Å². The van der Waals surface area contributed by atoms with Crippen molar-refractivity contribution >= 4 is 27.7 Å². The van der Waals surface area contributed by atoms with Gasteiger partial charge in [-0.3, -0.25) is 0 Å². The van der Waals surface area contributed by atoms with Gasteiger partial charge < -0.3 is 5.11 Å². The van der Waals surface area contributed by atoms with Gasteiger partial charge in [0.2, 0.25) is 0 Å². The van der Waals surface area contributed by atoms with Gasteiger partial charge in [0, 0.05) is 21.5 Å². The Bertz CT molecular complexity index is 502. The van der Waals surface area contributed by atoms with Crippen molar-refractivity contribution in [3.63, 3.8) is 0 Å². The summed E-state index contributed by atoms with van der Waals surface area (Å²) in [5, 5.41) is 21.5. The third-order valence-corrected chi connectivity index (χ3v) is 3.91. The molecule has 7 heteroatoms. The molecule has 0 radical (unpaired) electrons. The van der Waals surface area contributed by atoms with E-state index in [1.54, 1.807) is 18.8 Å². The van der Waals surface area contributed by atoms with E-state index in [-0.39, 0.29) is 0 Å². The van der Waals surface area contributed by atoms with Crippen LogP contribution in [0.2, 0.25) is 0 Å². The van der Waals surface area contributed by atoms with Crippen LogP contribution in [0.3, 0.4) is 0 Å². The summed E-state index contributed by atoms with van der Waals surface area (Å²) in [5.41, 5.74) is 0. The molecule has 0 aliphatic rings. The molecule has 0 saturated carbocycles. The molecule has 1 aromatic heterocycles. The van der Waals surface area contributed by atoms with Crippen LogP contribution >= 0.6 is 27.7 Å². The van der Waals surface area contributed by atoms with E-state index in [1.807, 2.05) is 24.3 Å². The number of hydrogen-bond acceptors (Lipinski definition) is 5. The molecule has 5 nitrogen and oxygen atoms in total. The summed E-state index contributed by atoms with van der Waals surface area (Å²) >= 11 is 5.00. The van der Waals surface area contributed by atoms with Crippen LogP contribution in [0.4, 0.5) is 0 Å². The fraction of sp³-hybridized carbons (Fsp3) is 0.364. The van der Waals surface area contributed by atoms with E-state index in [0.717, 1.165) is 9.37 Å². The molecule has 0 fully saturated rings. The summed E-state index contributed by atoms with van der Waals surface area (Å²) in [6.45, 7) is 0. The molecule has 18 heavy (non-hydrogen) atoms. The molecule has 1 aromatic carbocycles. The van der Waals surface area contributed by atoms with E-state index < -0.39 is 6.10 Å². The quantitative estimate of drug-likeness (QED) is 0.846. The van der Waals surface area contributed by atoms with Crippen molar-refractivity contribution < 1.29 is 5.11 Å². The van der Waals surface area contributed by atoms with Crippen molar-refractivity contribution in [2.45, 2.75) is 17.4 Å². The molecule has 0 saturated heterocycles. The highest BCUT2D eigenvalue weighted by molar-refractivity contribution is 9.10. The number of aliphatic hydroxyl groups excluding tert-OH is 1. The summed E-state index contributed by atoms with van der Waals surface area (Å²) in [4.78, 5) is 2.52. The number of aromatic nitrogens is 4. The average molecular weight is 329 g/mol. The molecule has 1 heterocycles. The molecule has 0 amide bonds. The first-order valence-corrected chi connectivity index (χ1v) is 7.20. The molecule has 2 aromatic rings. The summed E-state index contributed by atoms with van der Waals surface area (Å²) in [6.07, 6.45) is -0.0416. The molecule has 0 aliphatic heterocycles. The van der Waals surface area contributed by atoms with Gasteiger partial charge in [-0.15, -0.1) is 22.0 Å². The van der Waals surface area contributed by atoms with Crippen LogP contribution in [0.25, 0.3) is 0 Å². The van der Waals surface area contributed by atoms with Crippen LogP contribution < -0.4 is 0 Å². The number of rotatable bonds is 5. The minimum Gasteiger partial charge on any atom is -0.392 e. The van der Waals surface area contributed by atoms with Gasteiger partial charge in [-0.25, -0.2) is 0 Å². The molecule has 0 bridgehead atoms. The normalized spacial score (nSPS) is 12.6. The zero-order chi connectivity index (χ0) is 13.0. The minimum absolute atomic E-state index is 0.428. The largest absolute Gasteiger partial charge is 0.392 e. The number of nitrogens with zero attached hydrogens (tertiary/aromatic N) is 4. The predicted octanol–water partition coefficient (Wildman–Crippen LogP) is 1.67. The predicted molar refractivity (Wildman–Crippen MR) is 73.4 cm³/mol. The first-order valence-electron chi connectivity index (χ1n) is 5.43. The Morgan fingerprint density at radius 3 is 2.72 bits per heavy atom. The number of tetrazole rings is 1. The van der Waals surface area contributed by atoms with Crippen LogP contribution in [0, 0.1) is 0 Å². The van der Waals surface area contributed by atoms with Gasteiger partial charge in [-0.2, -0.15) is 4.80 Å².